The summed E-state index contributed by atoms with van der Waals surface area (Å²) < 4.78 is 16.1. The fourth-order valence-electron chi connectivity index (χ4n) is 2.29. The van der Waals surface area contributed by atoms with E-state index in [4.69, 9.17) is 13.9 Å². The van der Waals surface area contributed by atoms with E-state index in [1.54, 1.807) is 29.5 Å². The number of nitrogens with zero attached hydrogens (tertiary/aromatic N) is 2. The van der Waals surface area contributed by atoms with Gasteiger partial charge in [0.2, 0.25) is 5.89 Å². The molecule has 0 aliphatic carbocycles. The number of methoxy groups -OCH3 is 2. The number of benzene rings is 1. The second-order valence-corrected chi connectivity index (χ2v) is 6.42. The molecular formula is C17H17N3O4S. The minimum Gasteiger partial charge on any atom is -0.493 e. The predicted octanol–water partition coefficient (Wildman–Crippen LogP) is 3.05. The lowest BCUT2D eigenvalue weighted by Crippen LogP contribution is -2.23. The molecule has 25 heavy (non-hydrogen) atoms. The van der Waals surface area contributed by atoms with Crippen molar-refractivity contribution in [1.29, 1.82) is 0 Å². The first-order valence-electron chi connectivity index (χ1n) is 7.50. The van der Waals surface area contributed by atoms with Crippen molar-refractivity contribution in [2.24, 2.45) is 0 Å². The Bertz CT molecular complexity index is 888. The Morgan fingerprint density at radius 3 is 2.72 bits per heavy atom. The number of hydrogen-bond donors (Lipinski definition) is 1. The molecule has 2 heterocycles. The van der Waals surface area contributed by atoms with Gasteiger partial charge in [0.05, 0.1) is 31.2 Å². The van der Waals surface area contributed by atoms with E-state index in [9.17, 15) is 4.79 Å². The molecule has 0 radical (unpaired) electrons. The van der Waals surface area contributed by atoms with Gasteiger partial charge in [0.1, 0.15) is 0 Å². The Hall–Kier alpha value is -2.87. The van der Waals surface area contributed by atoms with Gasteiger partial charge in [-0.1, -0.05) is 6.07 Å². The van der Waals surface area contributed by atoms with Gasteiger partial charge in [0.15, 0.2) is 11.5 Å². The maximum Gasteiger partial charge on any atom is 0.257 e. The summed E-state index contributed by atoms with van der Waals surface area (Å²) in [6.45, 7) is 2.13. The Kier molecular flexibility index (Phi) is 4.99. The number of aryl methyl sites for hydroxylation is 1. The molecule has 2 aromatic heterocycles. The number of nitrogens with one attached hydrogen (secondary N) is 1. The Labute approximate surface area is 148 Å². The van der Waals surface area contributed by atoms with Crippen molar-refractivity contribution in [2.45, 2.75) is 13.5 Å². The molecule has 1 aromatic carbocycles. The number of para-hydroxylation sites is 1. The molecule has 0 bridgehead atoms. The van der Waals surface area contributed by atoms with Crippen molar-refractivity contribution in [3.05, 3.63) is 46.7 Å². The third-order valence-electron chi connectivity index (χ3n) is 3.47. The fourth-order valence-corrected chi connectivity index (χ4v) is 3.08. The van der Waals surface area contributed by atoms with Crippen LogP contribution in [0.4, 0.5) is 0 Å². The maximum atomic E-state index is 12.4. The van der Waals surface area contributed by atoms with Crippen molar-refractivity contribution < 1.29 is 18.7 Å². The first-order valence-corrected chi connectivity index (χ1v) is 8.32. The summed E-state index contributed by atoms with van der Waals surface area (Å²) in [5, 5.41) is 10.7. The maximum absolute atomic E-state index is 12.4. The van der Waals surface area contributed by atoms with Crippen molar-refractivity contribution in [1.82, 2.24) is 15.5 Å². The topological polar surface area (TPSA) is 86.5 Å². The summed E-state index contributed by atoms with van der Waals surface area (Å²) in [6.07, 6.45) is 0. The van der Waals surface area contributed by atoms with E-state index >= 15 is 0 Å². The number of carbonyl (C=O) groups is 1. The smallest absolute Gasteiger partial charge is 0.257 e. The zero-order valence-electron chi connectivity index (χ0n) is 14.0. The van der Waals surface area contributed by atoms with Gasteiger partial charge in [-0.3, -0.25) is 4.79 Å². The lowest BCUT2D eigenvalue weighted by atomic mass is 10.1. The van der Waals surface area contributed by atoms with Crippen molar-refractivity contribution in [3.8, 4) is 22.3 Å². The van der Waals surface area contributed by atoms with Gasteiger partial charge in [-0.15, -0.1) is 21.5 Å². The van der Waals surface area contributed by atoms with Gasteiger partial charge in [-0.25, -0.2) is 0 Å². The molecule has 0 fully saturated rings. The molecule has 0 saturated heterocycles. The highest BCUT2D eigenvalue weighted by Gasteiger charge is 2.17. The molecule has 0 unspecified atom stereocenters. The lowest BCUT2D eigenvalue weighted by Gasteiger charge is -2.11. The third kappa shape index (κ3) is 3.63. The highest BCUT2D eigenvalue weighted by molar-refractivity contribution is 7.15. The minimum atomic E-state index is -0.317. The summed E-state index contributed by atoms with van der Waals surface area (Å²) in [5.74, 6) is 1.33. The van der Waals surface area contributed by atoms with Crippen LogP contribution in [0.2, 0.25) is 0 Å². The quantitative estimate of drug-likeness (QED) is 0.728. The summed E-state index contributed by atoms with van der Waals surface area (Å²) >= 11 is 1.57. The number of aromatic nitrogens is 2. The SMILES string of the molecule is COc1cccc(C(=O)NCc2nnc(-c3ccc(C)s3)o2)c1OC. The van der Waals surface area contributed by atoms with Crippen LogP contribution >= 0.6 is 11.3 Å². The first-order chi connectivity index (χ1) is 12.1. The van der Waals surface area contributed by atoms with Gasteiger partial charge in [0, 0.05) is 4.88 Å². The van der Waals surface area contributed by atoms with Crippen LogP contribution in [0.15, 0.2) is 34.7 Å². The van der Waals surface area contributed by atoms with E-state index < -0.39 is 0 Å². The normalized spacial score (nSPS) is 10.5. The number of amides is 1. The van der Waals surface area contributed by atoms with Crippen LogP contribution < -0.4 is 14.8 Å². The van der Waals surface area contributed by atoms with Gasteiger partial charge in [0.25, 0.3) is 11.8 Å². The van der Waals surface area contributed by atoms with E-state index in [0.717, 1.165) is 9.75 Å². The minimum absolute atomic E-state index is 0.122. The molecule has 1 N–H and O–H groups in total. The molecule has 3 aromatic rings. The van der Waals surface area contributed by atoms with Crippen molar-refractivity contribution in [3.63, 3.8) is 0 Å². The zero-order valence-corrected chi connectivity index (χ0v) is 14.8. The third-order valence-corrected chi connectivity index (χ3v) is 4.45. The fraction of sp³-hybridized carbons (Fsp3) is 0.235. The molecule has 3 rings (SSSR count). The summed E-state index contributed by atoms with van der Waals surface area (Å²) in [7, 11) is 3.01. The van der Waals surface area contributed by atoms with Crippen LogP contribution in [-0.4, -0.2) is 30.3 Å². The molecule has 130 valence electrons. The number of carbonyl (C=O) groups excluding carboxylic acids is 1. The Morgan fingerprint density at radius 2 is 2.04 bits per heavy atom. The van der Waals surface area contributed by atoms with Gasteiger partial charge in [-0.05, 0) is 31.2 Å². The molecular weight excluding hydrogens is 342 g/mol. The lowest BCUT2D eigenvalue weighted by molar-refractivity contribution is 0.0943. The zero-order chi connectivity index (χ0) is 17.8. The average molecular weight is 359 g/mol. The number of ether oxygens (including phenoxy) is 2. The molecule has 0 aliphatic heterocycles. The summed E-state index contributed by atoms with van der Waals surface area (Å²) in [6, 6.07) is 9.02. The van der Waals surface area contributed by atoms with Crippen LogP contribution in [0.25, 0.3) is 10.8 Å². The Balaban J connectivity index is 1.70. The molecule has 7 nitrogen and oxygen atoms in total. The van der Waals surface area contributed by atoms with E-state index in [-0.39, 0.29) is 12.5 Å². The summed E-state index contributed by atoms with van der Waals surface area (Å²) in [5.41, 5.74) is 0.371. The van der Waals surface area contributed by atoms with E-state index in [1.807, 2.05) is 19.1 Å². The van der Waals surface area contributed by atoms with Crippen LogP contribution in [0.1, 0.15) is 21.1 Å². The second kappa shape index (κ2) is 7.35. The van der Waals surface area contributed by atoms with Crippen LogP contribution in [0, 0.1) is 6.92 Å². The number of hydrogen-bond acceptors (Lipinski definition) is 7. The van der Waals surface area contributed by atoms with Gasteiger partial charge in [-0.2, -0.15) is 0 Å². The molecule has 0 aliphatic rings. The Morgan fingerprint density at radius 1 is 1.20 bits per heavy atom. The molecule has 0 atom stereocenters. The van der Waals surface area contributed by atoms with Gasteiger partial charge >= 0.3 is 0 Å². The van der Waals surface area contributed by atoms with Crippen LogP contribution in [0.5, 0.6) is 11.5 Å². The van der Waals surface area contributed by atoms with Crippen molar-refractivity contribution >= 4 is 17.2 Å². The molecule has 0 saturated carbocycles. The monoisotopic (exact) mass is 359 g/mol. The average Bonchev–Trinajstić information content (AvgIpc) is 3.27. The summed E-state index contributed by atoms with van der Waals surface area (Å²) in [4.78, 5) is 14.5. The predicted molar refractivity (Wildman–Crippen MR) is 93.1 cm³/mol. The van der Waals surface area contributed by atoms with Crippen LogP contribution in [0.3, 0.4) is 0 Å². The first kappa shape index (κ1) is 17.0. The standard InChI is InChI=1S/C17H17N3O4S/c1-10-7-8-13(25-10)17-20-19-14(24-17)9-18-16(21)11-5-4-6-12(22-2)15(11)23-3/h4-8H,9H2,1-3H3,(H,18,21). The molecule has 8 heteroatoms. The molecule has 0 spiro atoms. The highest BCUT2D eigenvalue weighted by atomic mass is 32.1. The molecule has 1 amide bonds. The van der Waals surface area contributed by atoms with Crippen molar-refractivity contribution in [2.75, 3.05) is 14.2 Å². The highest BCUT2D eigenvalue weighted by Crippen LogP contribution is 2.30. The second-order valence-electron chi connectivity index (χ2n) is 5.14. The van der Waals surface area contributed by atoms with E-state index in [1.165, 1.54) is 14.2 Å². The number of thiophene rings is 1. The van der Waals surface area contributed by atoms with E-state index in [0.29, 0.717) is 28.8 Å². The number of rotatable bonds is 6. The van der Waals surface area contributed by atoms with Crippen LogP contribution in [-0.2, 0) is 6.54 Å². The largest absolute Gasteiger partial charge is 0.493 e. The van der Waals surface area contributed by atoms with E-state index in [2.05, 4.69) is 15.5 Å². The van der Waals surface area contributed by atoms with Gasteiger partial charge < -0.3 is 19.2 Å².